The van der Waals surface area contributed by atoms with Crippen LogP contribution in [0.3, 0.4) is 0 Å². The van der Waals surface area contributed by atoms with E-state index >= 15 is 0 Å². The number of likely N-dealkylation sites (tertiary alicyclic amines) is 1. The highest BCUT2D eigenvalue weighted by molar-refractivity contribution is 5.92. The first-order valence-corrected chi connectivity index (χ1v) is 11.0. The van der Waals surface area contributed by atoms with Gasteiger partial charge in [0.25, 0.3) is 5.91 Å². The lowest BCUT2D eigenvalue weighted by Crippen LogP contribution is -2.44. The van der Waals surface area contributed by atoms with Crippen LogP contribution in [0.5, 0.6) is 0 Å². The maximum absolute atomic E-state index is 12.5. The van der Waals surface area contributed by atoms with E-state index in [9.17, 15) is 4.79 Å². The van der Waals surface area contributed by atoms with Crippen molar-refractivity contribution in [3.05, 3.63) is 46.8 Å². The van der Waals surface area contributed by atoms with Gasteiger partial charge in [-0.15, -0.1) is 5.10 Å². The van der Waals surface area contributed by atoms with Crippen LogP contribution in [-0.2, 0) is 44.6 Å². The summed E-state index contributed by atoms with van der Waals surface area (Å²) in [4.78, 5) is 14.9. The number of nitrogens with one attached hydrogen (secondary N) is 1. The molecule has 1 atom stereocenters. The molecule has 3 aromatic rings. The zero-order chi connectivity index (χ0) is 22.3. The number of hydrogen-bond acceptors (Lipinski definition) is 7. The molecule has 1 saturated heterocycles. The zero-order valence-electron chi connectivity index (χ0n) is 18.8. The Morgan fingerprint density at radius 2 is 2.22 bits per heavy atom. The van der Waals surface area contributed by atoms with Crippen molar-refractivity contribution in [3.8, 4) is 0 Å². The number of ether oxygens (including phenoxy) is 1. The average molecular weight is 440 g/mol. The second kappa shape index (κ2) is 8.14. The number of aryl methyl sites for hydroxylation is 3. The van der Waals surface area contributed by atoms with Gasteiger partial charge < -0.3 is 10.1 Å². The Balaban J connectivity index is 1.21. The lowest BCUT2D eigenvalue weighted by Gasteiger charge is -2.34. The summed E-state index contributed by atoms with van der Waals surface area (Å²) in [5.41, 5.74) is 4.22. The summed E-state index contributed by atoms with van der Waals surface area (Å²) in [7, 11) is 1.99. The van der Waals surface area contributed by atoms with Crippen LogP contribution < -0.4 is 5.32 Å². The Bertz CT molecular complexity index is 1130. The lowest BCUT2D eigenvalue weighted by atomic mass is 10.0. The first kappa shape index (κ1) is 20.8. The van der Waals surface area contributed by atoms with Crippen molar-refractivity contribution in [2.75, 3.05) is 13.1 Å². The SMILES string of the molecule is CCn1nccc1C(=O)NCc1nnn2c1COC1(CCN(Cc3cc(C)nn3C)C1)C2. The van der Waals surface area contributed by atoms with Crippen LogP contribution in [0.4, 0.5) is 0 Å². The van der Waals surface area contributed by atoms with Gasteiger partial charge in [-0.1, -0.05) is 5.21 Å². The van der Waals surface area contributed by atoms with E-state index < -0.39 is 0 Å². The van der Waals surface area contributed by atoms with E-state index in [4.69, 9.17) is 4.74 Å². The highest BCUT2D eigenvalue weighted by atomic mass is 16.5. The van der Waals surface area contributed by atoms with E-state index in [2.05, 4.69) is 36.8 Å². The molecular formula is C21H29N9O2. The minimum Gasteiger partial charge on any atom is -0.365 e. The molecule has 1 amide bonds. The molecule has 170 valence electrons. The van der Waals surface area contributed by atoms with Gasteiger partial charge in [0.2, 0.25) is 0 Å². The van der Waals surface area contributed by atoms with Gasteiger partial charge in [-0.3, -0.25) is 19.1 Å². The molecule has 1 unspecified atom stereocenters. The van der Waals surface area contributed by atoms with Crippen molar-refractivity contribution in [1.29, 1.82) is 0 Å². The van der Waals surface area contributed by atoms with E-state index in [1.807, 2.05) is 30.3 Å². The number of hydrogen-bond donors (Lipinski definition) is 1. The van der Waals surface area contributed by atoms with Gasteiger partial charge in [0.05, 0.1) is 36.8 Å². The van der Waals surface area contributed by atoms with E-state index in [-0.39, 0.29) is 11.5 Å². The fourth-order valence-corrected chi connectivity index (χ4v) is 4.71. The third-order valence-electron chi connectivity index (χ3n) is 6.42. The highest BCUT2D eigenvalue weighted by Crippen LogP contribution is 2.33. The quantitative estimate of drug-likeness (QED) is 0.601. The van der Waals surface area contributed by atoms with Crippen molar-refractivity contribution in [3.63, 3.8) is 0 Å². The maximum atomic E-state index is 12.5. The summed E-state index contributed by atoms with van der Waals surface area (Å²) >= 11 is 0. The summed E-state index contributed by atoms with van der Waals surface area (Å²) < 4.78 is 11.9. The minimum atomic E-state index is -0.248. The number of carbonyl (C=O) groups is 1. The third kappa shape index (κ3) is 3.82. The molecule has 2 aliphatic rings. The van der Waals surface area contributed by atoms with Gasteiger partial charge in [0, 0.05) is 39.4 Å². The largest absolute Gasteiger partial charge is 0.365 e. The molecule has 0 bridgehead atoms. The molecular weight excluding hydrogens is 410 g/mol. The van der Waals surface area contributed by atoms with Crippen LogP contribution in [-0.4, -0.2) is 64.1 Å². The molecule has 11 heteroatoms. The molecule has 5 heterocycles. The van der Waals surface area contributed by atoms with Crippen LogP contribution >= 0.6 is 0 Å². The highest BCUT2D eigenvalue weighted by Gasteiger charge is 2.43. The van der Waals surface area contributed by atoms with Gasteiger partial charge in [-0.05, 0) is 32.4 Å². The molecule has 11 nitrogen and oxygen atoms in total. The second-order valence-corrected chi connectivity index (χ2v) is 8.69. The molecule has 0 saturated carbocycles. The Hall–Kier alpha value is -3.05. The van der Waals surface area contributed by atoms with Crippen LogP contribution in [0, 0.1) is 6.92 Å². The van der Waals surface area contributed by atoms with E-state index in [0.717, 1.165) is 43.1 Å². The Morgan fingerprint density at radius 3 is 3.00 bits per heavy atom. The fourth-order valence-electron chi connectivity index (χ4n) is 4.71. The summed E-state index contributed by atoms with van der Waals surface area (Å²) in [6.07, 6.45) is 2.59. The van der Waals surface area contributed by atoms with Crippen molar-refractivity contribution in [1.82, 2.24) is 44.8 Å². The number of fused-ring (bicyclic) bond motifs is 1. The van der Waals surface area contributed by atoms with Crippen molar-refractivity contribution in [2.24, 2.45) is 7.05 Å². The summed E-state index contributed by atoms with van der Waals surface area (Å²) in [5, 5.41) is 20.2. The molecule has 32 heavy (non-hydrogen) atoms. The van der Waals surface area contributed by atoms with Crippen molar-refractivity contribution in [2.45, 2.75) is 58.7 Å². The summed E-state index contributed by atoms with van der Waals surface area (Å²) in [5.74, 6) is -0.170. The smallest absolute Gasteiger partial charge is 0.269 e. The summed E-state index contributed by atoms with van der Waals surface area (Å²) in [6.45, 7) is 8.73. The molecule has 0 radical (unpaired) electrons. The molecule has 0 aromatic carbocycles. The fraction of sp³-hybridized carbons (Fsp3) is 0.571. The molecule has 1 N–H and O–H groups in total. The predicted molar refractivity (Wildman–Crippen MR) is 114 cm³/mol. The number of aromatic nitrogens is 7. The number of amides is 1. The second-order valence-electron chi connectivity index (χ2n) is 8.69. The maximum Gasteiger partial charge on any atom is 0.269 e. The number of carbonyl (C=O) groups excluding carboxylic acids is 1. The summed E-state index contributed by atoms with van der Waals surface area (Å²) in [6, 6.07) is 3.85. The minimum absolute atomic E-state index is 0.170. The molecule has 1 spiro atoms. The van der Waals surface area contributed by atoms with Gasteiger partial charge in [0.15, 0.2) is 0 Å². The first-order chi connectivity index (χ1) is 15.5. The van der Waals surface area contributed by atoms with Crippen LogP contribution in [0.15, 0.2) is 18.3 Å². The van der Waals surface area contributed by atoms with Crippen LogP contribution in [0.2, 0.25) is 0 Å². The number of nitrogens with zero attached hydrogens (tertiary/aromatic N) is 8. The normalized spacial score (nSPS) is 20.7. The molecule has 3 aromatic heterocycles. The third-order valence-corrected chi connectivity index (χ3v) is 6.42. The molecule has 0 aliphatic carbocycles. The Morgan fingerprint density at radius 1 is 1.34 bits per heavy atom. The van der Waals surface area contributed by atoms with Gasteiger partial charge in [0.1, 0.15) is 17.0 Å². The molecule has 5 rings (SSSR count). The first-order valence-electron chi connectivity index (χ1n) is 11.0. The Kier molecular flexibility index (Phi) is 5.30. The van der Waals surface area contributed by atoms with Gasteiger partial charge in [-0.25, -0.2) is 4.68 Å². The lowest BCUT2D eigenvalue weighted by molar-refractivity contribution is -0.0845. The van der Waals surface area contributed by atoms with E-state index in [1.165, 1.54) is 5.69 Å². The predicted octanol–water partition coefficient (Wildman–Crippen LogP) is 0.641. The van der Waals surface area contributed by atoms with Crippen LogP contribution in [0.1, 0.15) is 46.6 Å². The monoisotopic (exact) mass is 439 g/mol. The topological polar surface area (TPSA) is 108 Å². The van der Waals surface area contributed by atoms with Crippen molar-refractivity contribution < 1.29 is 9.53 Å². The van der Waals surface area contributed by atoms with E-state index in [1.54, 1.807) is 16.9 Å². The molecule has 1 fully saturated rings. The van der Waals surface area contributed by atoms with E-state index in [0.29, 0.717) is 31.9 Å². The number of rotatable bonds is 6. The van der Waals surface area contributed by atoms with Gasteiger partial charge >= 0.3 is 0 Å². The zero-order valence-corrected chi connectivity index (χ0v) is 18.8. The van der Waals surface area contributed by atoms with Crippen LogP contribution in [0.25, 0.3) is 0 Å². The van der Waals surface area contributed by atoms with Crippen molar-refractivity contribution >= 4 is 5.91 Å². The average Bonchev–Trinajstić information content (AvgIpc) is 3.54. The van der Waals surface area contributed by atoms with Gasteiger partial charge in [-0.2, -0.15) is 10.2 Å². The Labute approximate surface area is 186 Å². The molecule has 2 aliphatic heterocycles. The standard InChI is InChI=1S/C21H29N9O2/c1-4-29-18(5-7-23-29)20(31)22-10-17-19-12-32-21(14-30(19)26-24-17)6-8-28(13-21)11-16-9-15(2)25-27(16)3/h5,7,9H,4,6,8,10-14H2,1-3H3,(H,22,31).